The van der Waals surface area contributed by atoms with Crippen LogP contribution in [0.2, 0.25) is 0 Å². The summed E-state index contributed by atoms with van der Waals surface area (Å²) >= 11 is 8.07. The van der Waals surface area contributed by atoms with E-state index in [1.807, 2.05) is 36.4 Å². The standard InChI is InChI=1S/C92H94O40S6/c1-43(93)113-39-65-75(117-47(5)97)79(121-51(9)101)83(125-55(13)105)89(129-65)109-33-17-21-59-25-29-69(133-59)63-37-73(137-87(63)71-31-27-61(135-71)23-19-35-111-91-85(127-57(15)107)81(123-53(11)103)77(119-49(7)99)67(131-91)41-115-45(3)95)74-38-64(70-30-26-60(134-70)22-18-34-110-90-84(126-56(14)106)80(122-52(10)102)76(118-48(6)98)66(130-90)40-114-44(2)94)88(138-74)72-32-28-62(136-72)24-20-36-112-92-86(128-58(16)108)82(124-54(12)104)78(120-50(8)100)68(132-92)42-116-46(4)96/h25-32,37-38,65-68,75-86,89-92H,33-36,39-42H2,1-16H3/t65-,66-,67-,68-,75-,76-,77-,78-,79+,80+,81+,82+,83+,84+,85+,86+,89+,90+,91+,92+/m1/s1. The smallest absolute Gasteiger partial charge is 0.303 e. The molecule has 6 aromatic rings. The minimum absolute atomic E-state index is 0.400. The Labute approximate surface area is 813 Å². The number of thiophene rings is 6. The molecule has 46 heteroatoms. The Morgan fingerprint density at radius 3 is 0.623 bits per heavy atom. The number of hydrogen-bond donors (Lipinski definition) is 0. The molecule has 20 atom stereocenters. The molecule has 0 aromatic carbocycles. The van der Waals surface area contributed by atoms with Gasteiger partial charge in [0.15, 0.2) is 98.4 Å². The zero-order chi connectivity index (χ0) is 100. The SMILES string of the molecule is CC(=O)OC[C@H]1O[C@H](OCC#Cc2ccc(-c3cc(-c4cc(-c5ccc(C#CCO[C@H]6O[C@H](COC(C)=O)[C@@H](OC(C)=O)[C@H](OC(C)=O)[C@@H]6OC(C)=O)s5)c(-c5ccc(C#CCO[C@H]6O[C@H](COC(C)=O)[C@@H](OC(C)=O)[C@H](OC(C)=O)[C@@H]6OC(C)=O)s5)s4)sc3-c3ccc(C#CCO[C@H]4O[C@H](COC(C)=O)[C@@H](OC(C)=O)[C@H](OC(C)=O)[C@@H]4OC(C)=O)s3)s2)[C@@H](OC(C)=O)[C@@H](OC(C)=O)[C@@H]1OC(C)=O. The quantitative estimate of drug-likeness (QED) is 0.0213. The lowest BCUT2D eigenvalue weighted by molar-refractivity contribution is -0.305. The molecule has 4 fully saturated rings. The first-order valence-corrected chi connectivity index (χ1v) is 46.8. The van der Waals surface area contributed by atoms with E-state index in [9.17, 15) is 76.7 Å². The second kappa shape index (κ2) is 50.8. The number of esters is 16. The van der Waals surface area contributed by atoms with Gasteiger partial charge in [0.25, 0.3) is 0 Å². The minimum atomic E-state index is -1.53. The van der Waals surface area contributed by atoms with Crippen molar-refractivity contribution >= 4 is 164 Å². The summed E-state index contributed by atoms with van der Waals surface area (Å²) in [7, 11) is 0. The molecule has 0 amide bonds. The van der Waals surface area contributed by atoms with Gasteiger partial charge in [0.2, 0.25) is 0 Å². The van der Waals surface area contributed by atoms with E-state index in [4.69, 9.17) is 114 Å². The maximum Gasteiger partial charge on any atom is 0.303 e. The van der Waals surface area contributed by atoms with E-state index in [2.05, 4.69) is 47.4 Å². The highest BCUT2D eigenvalue weighted by atomic mass is 32.1. The van der Waals surface area contributed by atoms with Crippen LogP contribution in [0.15, 0.2) is 60.7 Å². The molecule has 0 saturated carbocycles. The highest BCUT2D eigenvalue weighted by Gasteiger charge is 2.57. The molecular formula is C92H94O40S6. The molecule has 0 radical (unpaired) electrons. The van der Waals surface area contributed by atoms with E-state index in [0.717, 1.165) is 151 Å². The summed E-state index contributed by atoms with van der Waals surface area (Å²) < 4.78 is 137. The van der Waals surface area contributed by atoms with Crippen molar-refractivity contribution < 1.29 is 190 Å². The van der Waals surface area contributed by atoms with Gasteiger partial charge in [-0.3, -0.25) is 76.7 Å². The average Bonchev–Trinajstić information content (AvgIpc) is 1.59. The molecule has 10 rings (SSSR count). The van der Waals surface area contributed by atoms with Gasteiger partial charge in [-0.05, 0) is 60.7 Å². The van der Waals surface area contributed by atoms with E-state index in [1.54, 1.807) is 24.3 Å². The third-order valence-corrected chi connectivity index (χ3v) is 25.9. The van der Waals surface area contributed by atoms with Gasteiger partial charge in [-0.1, -0.05) is 47.4 Å². The van der Waals surface area contributed by atoms with E-state index in [-0.39, 0.29) is 0 Å². The zero-order valence-electron chi connectivity index (χ0n) is 76.8. The van der Waals surface area contributed by atoms with Crippen LogP contribution in [-0.2, 0) is 190 Å². The fraction of sp³-hybridized carbons (Fsp3) is 0.478. The van der Waals surface area contributed by atoms with E-state index in [0.29, 0.717) is 29.3 Å². The third kappa shape index (κ3) is 31.3. The van der Waals surface area contributed by atoms with Crippen LogP contribution in [0.1, 0.15) is 130 Å². The molecule has 4 aliphatic heterocycles. The summed E-state index contributed by atoms with van der Waals surface area (Å²) in [5, 5.41) is 0. The molecule has 138 heavy (non-hydrogen) atoms. The number of ether oxygens (including phenoxy) is 24. The topological polar surface area (TPSA) is 495 Å². The van der Waals surface area contributed by atoms with Gasteiger partial charge in [-0.25, -0.2) is 0 Å². The first-order valence-electron chi connectivity index (χ1n) is 41.9. The first kappa shape index (κ1) is 108. The van der Waals surface area contributed by atoms with Crippen molar-refractivity contribution in [3.05, 3.63) is 80.2 Å². The number of carbonyl (C=O) groups excluding carboxylic acids is 16. The summed E-state index contributed by atoms with van der Waals surface area (Å²) in [5.41, 5.74) is 1.46. The molecule has 4 saturated heterocycles. The molecule has 4 aliphatic rings. The zero-order valence-corrected chi connectivity index (χ0v) is 81.7. The lowest BCUT2D eigenvalue weighted by Crippen LogP contribution is -2.63. The van der Waals surface area contributed by atoms with Crippen LogP contribution in [0, 0.1) is 47.4 Å². The van der Waals surface area contributed by atoms with Crippen LogP contribution >= 0.6 is 68.0 Å². The van der Waals surface area contributed by atoms with Gasteiger partial charge in [0.05, 0.1) is 29.3 Å². The van der Waals surface area contributed by atoms with Gasteiger partial charge < -0.3 is 114 Å². The van der Waals surface area contributed by atoms with Crippen LogP contribution in [0.25, 0.3) is 50.1 Å². The number of carbonyl (C=O) groups is 16. The Kier molecular flexibility index (Phi) is 39.6. The van der Waals surface area contributed by atoms with Crippen molar-refractivity contribution in [2.45, 2.75) is 234 Å². The summed E-state index contributed by atoms with van der Waals surface area (Å²) in [6, 6.07) is 18.6. The van der Waals surface area contributed by atoms with Gasteiger partial charge in [0.1, 0.15) is 77.3 Å². The normalized spacial score (nSPS) is 24.0. The highest BCUT2D eigenvalue weighted by molar-refractivity contribution is 7.30. The van der Waals surface area contributed by atoms with Gasteiger partial charge >= 0.3 is 95.5 Å². The van der Waals surface area contributed by atoms with Crippen LogP contribution in [0.5, 0.6) is 0 Å². The fourth-order valence-corrected chi connectivity index (χ4v) is 20.6. The van der Waals surface area contributed by atoms with Crippen LogP contribution < -0.4 is 0 Å². The molecular weight excluding hydrogens is 1940 g/mol. The van der Waals surface area contributed by atoms with Crippen molar-refractivity contribution in [3.63, 3.8) is 0 Å². The molecule has 6 aromatic heterocycles. The summed E-state index contributed by atoms with van der Waals surface area (Å²) in [5.74, 6) is 11.3. The Bertz CT molecular complexity index is 5070. The molecule has 40 nitrogen and oxygen atoms in total. The highest BCUT2D eigenvalue weighted by Crippen LogP contribution is 2.53. The first-order chi connectivity index (χ1) is 65.5. The van der Waals surface area contributed by atoms with Crippen molar-refractivity contribution in [2.24, 2.45) is 0 Å². The van der Waals surface area contributed by atoms with Gasteiger partial charge in [-0.2, -0.15) is 0 Å². The fourth-order valence-electron chi connectivity index (χ4n) is 14.2. The van der Waals surface area contributed by atoms with Crippen molar-refractivity contribution in [1.29, 1.82) is 0 Å². The summed E-state index contributed by atoms with van der Waals surface area (Å²) in [4.78, 5) is 207. The Morgan fingerprint density at radius 1 is 0.232 bits per heavy atom. The molecule has 738 valence electrons. The van der Waals surface area contributed by atoms with Crippen molar-refractivity contribution in [1.82, 2.24) is 0 Å². The predicted octanol–water partition coefficient (Wildman–Crippen LogP) is 8.20. The second-order valence-corrected chi connectivity index (χ2v) is 36.5. The molecule has 0 aliphatic carbocycles. The second-order valence-electron chi connectivity index (χ2n) is 30.1. The maximum absolute atomic E-state index is 12.6. The van der Waals surface area contributed by atoms with Crippen LogP contribution in [0.4, 0.5) is 0 Å². The van der Waals surface area contributed by atoms with Crippen molar-refractivity contribution in [2.75, 3.05) is 52.9 Å². The molecule has 0 unspecified atom stereocenters. The van der Waals surface area contributed by atoms with E-state index < -0.39 is 271 Å². The van der Waals surface area contributed by atoms with Crippen LogP contribution in [0.3, 0.4) is 0 Å². The number of hydrogen-bond acceptors (Lipinski definition) is 46. The Hall–Kier alpha value is -12.4. The predicted molar refractivity (Wildman–Crippen MR) is 480 cm³/mol. The number of rotatable bonds is 33. The van der Waals surface area contributed by atoms with Gasteiger partial charge in [0, 0.05) is 151 Å². The maximum atomic E-state index is 12.6. The third-order valence-electron chi connectivity index (χ3n) is 19.0. The van der Waals surface area contributed by atoms with E-state index in [1.165, 1.54) is 68.0 Å². The molecule has 0 bridgehead atoms. The van der Waals surface area contributed by atoms with Crippen molar-refractivity contribution in [3.8, 4) is 97.5 Å². The monoisotopic (exact) mass is 2030 g/mol. The summed E-state index contributed by atoms with van der Waals surface area (Å²) in [6.45, 7) is 14.0. The van der Waals surface area contributed by atoms with E-state index >= 15 is 0 Å². The minimum Gasteiger partial charge on any atom is -0.463 e. The summed E-state index contributed by atoms with van der Waals surface area (Å²) in [6.07, 6.45) is -29.3. The largest absolute Gasteiger partial charge is 0.463 e. The molecule has 0 N–H and O–H groups in total. The molecule has 10 heterocycles. The molecule has 0 spiro atoms. The lowest BCUT2D eigenvalue weighted by Gasteiger charge is -2.43. The Balaban J connectivity index is 1.04. The van der Waals surface area contributed by atoms with Gasteiger partial charge in [-0.15, -0.1) is 68.0 Å². The Morgan fingerprint density at radius 2 is 0.420 bits per heavy atom. The average molecular weight is 2030 g/mol. The lowest BCUT2D eigenvalue weighted by atomic mass is 9.98. The van der Waals surface area contributed by atoms with Crippen LogP contribution in [-0.4, -0.2) is 271 Å².